The number of unbranched alkanes of at least 4 members (excludes halogenated alkanes) is 7. The van der Waals surface area contributed by atoms with Crippen molar-refractivity contribution in [2.75, 3.05) is 13.2 Å². The molecule has 0 atom stereocenters. The number of amides is 1. The van der Waals surface area contributed by atoms with Gasteiger partial charge in [0, 0.05) is 38.4 Å². The quantitative estimate of drug-likeness (QED) is 0.0752. The monoisotopic (exact) mass is 670 g/mol. The Balaban J connectivity index is 0.000000650. The van der Waals surface area contributed by atoms with Crippen molar-refractivity contribution in [1.29, 1.82) is 0 Å². The van der Waals surface area contributed by atoms with E-state index < -0.39 is 29.8 Å². The van der Waals surface area contributed by atoms with Crippen LogP contribution in [0.15, 0.2) is 85.2 Å². The predicted octanol–water partition coefficient (Wildman–Crippen LogP) is 5.21. The first-order chi connectivity index (χ1) is 23.1. The van der Waals surface area contributed by atoms with Crippen molar-refractivity contribution >= 4 is 29.8 Å². The Kier molecular flexibility index (Phi) is 26.1. The first-order valence-corrected chi connectivity index (χ1v) is 15.5. The molecule has 13 nitrogen and oxygen atoms in total. The summed E-state index contributed by atoms with van der Waals surface area (Å²) in [5, 5.41) is 33.2. The zero-order valence-electron chi connectivity index (χ0n) is 26.9. The van der Waals surface area contributed by atoms with Crippen LogP contribution in [0.5, 0.6) is 0 Å². The fraction of sp³-hybridized carbons (Fsp3) is 0.371. The lowest BCUT2D eigenvalue weighted by Crippen LogP contribution is -2.11. The van der Waals surface area contributed by atoms with Gasteiger partial charge in [0.05, 0.1) is 16.7 Å². The Bertz CT molecular complexity index is 1220. The summed E-state index contributed by atoms with van der Waals surface area (Å²) in [6.07, 6.45) is 11.4. The van der Waals surface area contributed by atoms with E-state index in [0.29, 0.717) is 29.5 Å². The molecule has 3 rings (SSSR count). The molecule has 0 spiro atoms. The fourth-order valence-corrected chi connectivity index (χ4v) is 3.49. The van der Waals surface area contributed by atoms with Gasteiger partial charge in [0.1, 0.15) is 0 Å². The highest BCUT2D eigenvalue weighted by Crippen LogP contribution is 2.07. The van der Waals surface area contributed by atoms with Crippen LogP contribution in [0.25, 0.3) is 0 Å². The second kappa shape index (κ2) is 29.3. The van der Waals surface area contributed by atoms with Crippen molar-refractivity contribution in [3.63, 3.8) is 0 Å². The molecule has 0 radical (unpaired) electrons. The van der Waals surface area contributed by atoms with E-state index in [2.05, 4.69) is 14.8 Å². The van der Waals surface area contributed by atoms with E-state index in [1.54, 1.807) is 79.0 Å². The fourth-order valence-electron chi connectivity index (χ4n) is 3.49. The minimum atomic E-state index is -0.759. The number of rotatable bonds is 16. The maximum Gasteiger partial charge on any atom is 0.386 e. The molecule has 13 heteroatoms. The van der Waals surface area contributed by atoms with Gasteiger partial charge in [0.25, 0.3) is 0 Å². The average molecular weight is 671 g/mol. The summed E-state index contributed by atoms with van der Waals surface area (Å²) in [6, 6.07) is 19.9. The molecule has 262 valence electrons. The van der Waals surface area contributed by atoms with E-state index in [4.69, 9.17) is 26.2 Å². The van der Waals surface area contributed by atoms with E-state index in [0.717, 1.165) is 44.9 Å². The van der Waals surface area contributed by atoms with E-state index >= 15 is 0 Å². The topological polar surface area (TPSA) is 224 Å². The van der Waals surface area contributed by atoms with Crippen molar-refractivity contribution in [3.8, 4) is 0 Å². The SMILES string of the molecule is NC(=O)c1cccnc1.O=C(O)CCCCCCCC(=O)O.O=C(OOC(=O)c1ccccc1)c1ccccc1.OCCCCCCO. The number of benzene rings is 2. The van der Waals surface area contributed by atoms with Gasteiger partial charge in [-0.3, -0.25) is 19.4 Å². The summed E-state index contributed by atoms with van der Waals surface area (Å²) in [5.41, 5.74) is 6.01. The van der Waals surface area contributed by atoms with Crippen molar-refractivity contribution in [1.82, 2.24) is 4.98 Å². The molecule has 1 aromatic heterocycles. The van der Waals surface area contributed by atoms with E-state index in [1.807, 2.05) is 0 Å². The van der Waals surface area contributed by atoms with Gasteiger partial charge in [0.15, 0.2) is 0 Å². The number of aliphatic carboxylic acids is 2. The van der Waals surface area contributed by atoms with Crippen molar-refractivity contribution < 1.29 is 54.2 Å². The predicted molar refractivity (Wildman–Crippen MR) is 177 cm³/mol. The van der Waals surface area contributed by atoms with E-state index in [1.165, 1.54) is 6.20 Å². The molecule has 1 heterocycles. The number of carbonyl (C=O) groups is 5. The molecule has 0 saturated heterocycles. The van der Waals surface area contributed by atoms with Gasteiger partial charge in [-0.1, -0.05) is 68.5 Å². The van der Waals surface area contributed by atoms with Crippen molar-refractivity contribution in [3.05, 3.63) is 102 Å². The van der Waals surface area contributed by atoms with Crippen LogP contribution in [0, 0.1) is 0 Å². The number of nitrogens with two attached hydrogens (primary N) is 1. The molecule has 0 fully saturated rings. The lowest BCUT2D eigenvalue weighted by atomic mass is 10.1. The summed E-state index contributed by atoms with van der Waals surface area (Å²) >= 11 is 0. The van der Waals surface area contributed by atoms with Crippen LogP contribution in [0.1, 0.15) is 102 Å². The summed E-state index contributed by atoms with van der Waals surface area (Å²) < 4.78 is 0. The molecule has 0 aliphatic carbocycles. The molecule has 2 aromatic carbocycles. The largest absolute Gasteiger partial charge is 0.481 e. The normalized spacial score (nSPS) is 9.54. The number of hydrogen-bond acceptors (Lipinski definition) is 10. The summed E-state index contributed by atoms with van der Waals surface area (Å²) in [6.45, 7) is 0.566. The number of carboxylic acids is 2. The highest BCUT2D eigenvalue weighted by molar-refractivity contribution is 5.92. The van der Waals surface area contributed by atoms with Crippen LogP contribution in [0.2, 0.25) is 0 Å². The van der Waals surface area contributed by atoms with Gasteiger partial charge in [-0.25, -0.2) is 19.4 Å². The third-order valence-corrected chi connectivity index (χ3v) is 6.01. The number of primary amides is 1. The number of aliphatic hydroxyl groups excluding tert-OH is 2. The molecule has 0 unspecified atom stereocenters. The molecule has 0 aliphatic rings. The Morgan fingerprint density at radius 1 is 0.542 bits per heavy atom. The van der Waals surface area contributed by atoms with Gasteiger partial charge in [-0.15, -0.1) is 0 Å². The number of hydrogen-bond donors (Lipinski definition) is 5. The first kappa shape index (κ1) is 42.9. The molecule has 0 aliphatic heterocycles. The minimum Gasteiger partial charge on any atom is -0.481 e. The van der Waals surface area contributed by atoms with Crippen molar-refractivity contribution in [2.24, 2.45) is 5.73 Å². The maximum absolute atomic E-state index is 11.5. The van der Waals surface area contributed by atoms with Gasteiger partial charge in [-0.05, 0) is 62.1 Å². The molecule has 0 saturated carbocycles. The molecular formula is C35H46N2O11. The molecule has 0 bridgehead atoms. The van der Waals surface area contributed by atoms with Crippen LogP contribution in [-0.4, -0.2) is 68.4 Å². The van der Waals surface area contributed by atoms with Crippen LogP contribution >= 0.6 is 0 Å². The van der Waals surface area contributed by atoms with Crippen LogP contribution in [0.4, 0.5) is 0 Å². The summed E-state index contributed by atoms with van der Waals surface area (Å²) in [4.78, 5) is 66.2. The number of nitrogens with zero attached hydrogens (tertiary/aromatic N) is 1. The van der Waals surface area contributed by atoms with Crippen LogP contribution < -0.4 is 5.73 Å². The molecule has 6 N–H and O–H groups in total. The van der Waals surface area contributed by atoms with Gasteiger partial charge >= 0.3 is 23.9 Å². The van der Waals surface area contributed by atoms with Crippen LogP contribution in [0.3, 0.4) is 0 Å². The Morgan fingerprint density at radius 2 is 0.917 bits per heavy atom. The van der Waals surface area contributed by atoms with Gasteiger partial charge in [0.2, 0.25) is 5.91 Å². The first-order valence-electron chi connectivity index (χ1n) is 15.5. The summed E-state index contributed by atoms with van der Waals surface area (Å²) in [7, 11) is 0. The highest BCUT2D eigenvalue weighted by atomic mass is 17.2. The average Bonchev–Trinajstić information content (AvgIpc) is 3.10. The van der Waals surface area contributed by atoms with E-state index in [9.17, 15) is 24.0 Å². The second-order valence-electron chi connectivity index (χ2n) is 10.00. The smallest absolute Gasteiger partial charge is 0.386 e. The van der Waals surface area contributed by atoms with Crippen molar-refractivity contribution in [2.45, 2.75) is 70.6 Å². The standard InChI is InChI=1S/C14H10O4.C9H16O4.C6H6N2O.C6H14O2/c15-13(11-7-3-1-4-8-11)17-18-14(16)12-9-5-2-6-10-12;10-8(11)6-4-2-1-3-5-7-9(12)13;7-6(9)5-2-1-3-8-4-5;7-5-3-1-2-4-6-8/h1-10H;1-7H2,(H,10,11)(H,12,13);1-4H,(H2,7,9);7-8H,1-6H2. The zero-order chi connectivity index (χ0) is 35.8. The Labute approximate surface area is 280 Å². The molecule has 48 heavy (non-hydrogen) atoms. The third-order valence-electron chi connectivity index (χ3n) is 6.01. The van der Waals surface area contributed by atoms with E-state index in [-0.39, 0.29) is 26.1 Å². The lowest BCUT2D eigenvalue weighted by Gasteiger charge is -2.02. The highest BCUT2D eigenvalue weighted by Gasteiger charge is 2.13. The number of carboxylic acid groups (broad SMARTS) is 2. The summed E-state index contributed by atoms with van der Waals surface area (Å²) in [5.74, 6) is -3.38. The molecule has 1 amide bonds. The number of aliphatic hydroxyl groups is 2. The zero-order valence-corrected chi connectivity index (χ0v) is 26.9. The molecule has 3 aromatic rings. The lowest BCUT2D eigenvalue weighted by molar-refractivity contribution is -0.187. The molecular weight excluding hydrogens is 624 g/mol. The maximum atomic E-state index is 11.5. The minimum absolute atomic E-state index is 0.221. The third kappa shape index (κ3) is 25.1. The van der Waals surface area contributed by atoms with Gasteiger partial charge in [-0.2, -0.15) is 0 Å². The Hall–Kier alpha value is -5.14. The van der Waals surface area contributed by atoms with Gasteiger partial charge < -0.3 is 26.2 Å². The number of aromatic nitrogens is 1. The Morgan fingerprint density at radius 3 is 1.23 bits per heavy atom. The number of pyridine rings is 1. The van der Waals surface area contributed by atoms with Crippen LogP contribution in [-0.2, 0) is 19.4 Å². The number of carbonyl (C=O) groups excluding carboxylic acids is 3. The second-order valence-corrected chi connectivity index (χ2v) is 10.00.